The average Bonchev–Trinajstić information content (AvgIpc) is 3.38. The number of carbonyl (C=O) groups is 1. The molecule has 136 valence electrons. The summed E-state index contributed by atoms with van der Waals surface area (Å²) >= 11 is 7.81. The first-order valence-electron chi connectivity index (χ1n) is 8.88. The number of hydrogen-bond donors (Lipinski definition) is 1. The number of carbonyl (C=O) groups excluding carboxylic acids is 1. The second-order valence-electron chi connectivity index (χ2n) is 6.68. The van der Waals surface area contributed by atoms with Gasteiger partial charge in [0.05, 0.1) is 6.04 Å². The van der Waals surface area contributed by atoms with Gasteiger partial charge in [-0.3, -0.25) is 9.69 Å². The molecule has 1 N–H and O–H groups in total. The molecule has 1 aromatic carbocycles. The zero-order valence-corrected chi connectivity index (χ0v) is 16.2. The Morgan fingerprint density at radius 1 is 1.35 bits per heavy atom. The number of rotatable bonds is 5. The van der Waals surface area contributed by atoms with E-state index < -0.39 is 0 Å². The van der Waals surface area contributed by atoms with Gasteiger partial charge in [-0.15, -0.1) is 11.3 Å². The minimum absolute atomic E-state index is 0.171. The van der Waals surface area contributed by atoms with Gasteiger partial charge in [-0.2, -0.15) is 0 Å². The van der Waals surface area contributed by atoms with Gasteiger partial charge in [0.2, 0.25) is 0 Å². The summed E-state index contributed by atoms with van der Waals surface area (Å²) in [6, 6.07) is 9.85. The summed E-state index contributed by atoms with van der Waals surface area (Å²) in [5, 5.41) is 6.70. The monoisotopic (exact) mass is 388 g/mol. The Morgan fingerprint density at radius 3 is 2.88 bits per heavy atom. The maximum atomic E-state index is 12.8. The minimum Gasteiger partial charge on any atom is -0.451 e. The highest BCUT2D eigenvalue weighted by atomic mass is 35.5. The Kier molecular flexibility index (Phi) is 5.02. The molecule has 0 radical (unpaired) electrons. The lowest BCUT2D eigenvalue weighted by molar-refractivity contribution is 0.0912. The van der Waals surface area contributed by atoms with Crippen LogP contribution in [0.15, 0.2) is 40.1 Å². The molecule has 0 aliphatic carbocycles. The Bertz CT molecular complexity index is 913. The molecule has 3 heterocycles. The minimum atomic E-state index is -0.171. The lowest BCUT2D eigenvalue weighted by Gasteiger charge is -2.26. The van der Waals surface area contributed by atoms with E-state index in [4.69, 9.17) is 16.0 Å². The molecule has 1 atom stereocenters. The standard InChI is InChI=1S/C20H21ClN2O2S/c1-13-15-11-14(21)6-7-17(15)25-19(13)20(24)22-12-16(18-5-4-10-26-18)23-8-2-3-9-23/h4-7,10-11,16H,2-3,8-9,12H2,1H3,(H,22,24). The molecule has 6 heteroatoms. The molecule has 1 saturated heterocycles. The van der Waals surface area contributed by atoms with Crippen molar-refractivity contribution in [2.45, 2.75) is 25.8 Å². The summed E-state index contributed by atoms with van der Waals surface area (Å²) in [6.45, 7) is 4.64. The van der Waals surface area contributed by atoms with Crippen LogP contribution < -0.4 is 5.32 Å². The van der Waals surface area contributed by atoms with Crippen molar-refractivity contribution in [2.75, 3.05) is 19.6 Å². The van der Waals surface area contributed by atoms with Crippen molar-refractivity contribution in [1.82, 2.24) is 10.2 Å². The molecule has 26 heavy (non-hydrogen) atoms. The number of amides is 1. The van der Waals surface area contributed by atoms with Crippen LogP contribution in [-0.2, 0) is 0 Å². The van der Waals surface area contributed by atoms with Gasteiger partial charge >= 0.3 is 0 Å². The van der Waals surface area contributed by atoms with E-state index in [2.05, 4.69) is 27.7 Å². The van der Waals surface area contributed by atoms with Crippen molar-refractivity contribution in [3.8, 4) is 0 Å². The zero-order valence-electron chi connectivity index (χ0n) is 14.6. The van der Waals surface area contributed by atoms with Crippen LogP contribution in [0.25, 0.3) is 11.0 Å². The quantitative estimate of drug-likeness (QED) is 0.667. The van der Waals surface area contributed by atoms with Crippen LogP contribution in [0.2, 0.25) is 5.02 Å². The van der Waals surface area contributed by atoms with Crippen molar-refractivity contribution in [2.24, 2.45) is 0 Å². The van der Waals surface area contributed by atoms with Crippen LogP contribution in [0, 0.1) is 6.92 Å². The van der Waals surface area contributed by atoms with Crippen LogP contribution in [0.5, 0.6) is 0 Å². The van der Waals surface area contributed by atoms with Gasteiger partial charge in [0, 0.05) is 27.4 Å². The molecule has 2 aromatic heterocycles. The van der Waals surface area contributed by atoms with Crippen LogP contribution in [0.1, 0.15) is 39.9 Å². The molecule has 1 aliphatic rings. The van der Waals surface area contributed by atoms with Crippen LogP contribution in [0.4, 0.5) is 0 Å². The summed E-state index contributed by atoms with van der Waals surface area (Å²) in [5.74, 6) is 0.198. The van der Waals surface area contributed by atoms with Crippen molar-refractivity contribution in [1.29, 1.82) is 0 Å². The van der Waals surface area contributed by atoms with Crippen molar-refractivity contribution < 1.29 is 9.21 Å². The maximum Gasteiger partial charge on any atom is 0.287 e. The largest absolute Gasteiger partial charge is 0.451 e. The van der Waals surface area contributed by atoms with E-state index in [9.17, 15) is 4.79 Å². The second-order valence-corrected chi connectivity index (χ2v) is 8.10. The van der Waals surface area contributed by atoms with E-state index in [1.54, 1.807) is 23.5 Å². The van der Waals surface area contributed by atoms with Crippen LogP contribution in [-0.4, -0.2) is 30.4 Å². The molecule has 1 aliphatic heterocycles. The van der Waals surface area contributed by atoms with Gasteiger partial charge in [-0.25, -0.2) is 0 Å². The second kappa shape index (κ2) is 7.43. The Morgan fingerprint density at radius 2 is 2.15 bits per heavy atom. The molecule has 3 aromatic rings. The molecule has 1 amide bonds. The summed E-state index contributed by atoms with van der Waals surface area (Å²) in [5.41, 5.74) is 1.51. The van der Waals surface area contributed by atoms with E-state index in [1.165, 1.54) is 17.7 Å². The van der Waals surface area contributed by atoms with Gasteiger partial charge in [-0.1, -0.05) is 17.7 Å². The normalized spacial score (nSPS) is 16.2. The summed E-state index contributed by atoms with van der Waals surface area (Å²) < 4.78 is 5.78. The molecular formula is C20H21ClN2O2S. The molecule has 4 rings (SSSR count). The number of hydrogen-bond acceptors (Lipinski definition) is 4. The lowest BCUT2D eigenvalue weighted by atomic mass is 10.1. The Hall–Kier alpha value is -1.82. The lowest BCUT2D eigenvalue weighted by Crippen LogP contribution is -2.36. The number of nitrogens with zero attached hydrogens (tertiary/aromatic N) is 1. The van der Waals surface area contributed by atoms with Gasteiger partial charge in [0.25, 0.3) is 5.91 Å². The molecule has 1 fully saturated rings. The number of halogens is 1. The third kappa shape index (κ3) is 3.39. The number of aryl methyl sites for hydroxylation is 1. The predicted octanol–water partition coefficient (Wildman–Crippen LogP) is 5.02. The summed E-state index contributed by atoms with van der Waals surface area (Å²) in [4.78, 5) is 16.5. The summed E-state index contributed by atoms with van der Waals surface area (Å²) in [6.07, 6.45) is 2.44. The van der Waals surface area contributed by atoms with E-state index >= 15 is 0 Å². The zero-order chi connectivity index (χ0) is 18.1. The van der Waals surface area contributed by atoms with Gasteiger partial charge in [0.1, 0.15) is 5.58 Å². The van der Waals surface area contributed by atoms with E-state index in [0.29, 0.717) is 22.9 Å². The topological polar surface area (TPSA) is 45.5 Å². The highest BCUT2D eigenvalue weighted by Crippen LogP contribution is 2.30. The molecule has 0 spiro atoms. The van der Waals surface area contributed by atoms with Crippen LogP contribution >= 0.6 is 22.9 Å². The first-order valence-corrected chi connectivity index (χ1v) is 10.1. The van der Waals surface area contributed by atoms with Gasteiger partial charge in [0.15, 0.2) is 5.76 Å². The summed E-state index contributed by atoms with van der Waals surface area (Å²) in [7, 11) is 0. The number of likely N-dealkylation sites (tertiary alicyclic amines) is 1. The third-order valence-electron chi connectivity index (χ3n) is 5.01. The van der Waals surface area contributed by atoms with E-state index in [-0.39, 0.29) is 11.9 Å². The fourth-order valence-electron chi connectivity index (χ4n) is 3.62. The molecule has 1 unspecified atom stereocenters. The number of nitrogens with one attached hydrogen (secondary N) is 1. The molecule has 4 nitrogen and oxygen atoms in total. The number of fused-ring (bicyclic) bond motifs is 1. The van der Waals surface area contributed by atoms with Crippen molar-refractivity contribution >= 4 is 39.8 Å². The highest BCUT2D eigenvalue weighted by Gasteiger charge is 2.26. The van der Waals surface area contributed by atoms with Gasteiger partial charge < -0.3 is 9.73 Å². The number of thiophene rings is 1. The third-order valence-corrected chi connectivity index (χ3v) is 6.22. The highest BCUT2D eigenvalue weighted by molar-refractivity contribution is 7.10. The Labute approximate surface area is 161 Å². The first-order chi connectivity index (χ1) is 12.6. The van der Waals surface area contributed by atoms with Gasteiger partial charge in [-0.05, 0) is 62.5 Å². The molecule has 0 bridgehead atoms. The fourth-order valence-corrected chi connectivity index (χ4v) is 4.66. The van der Waals surface area contributed by atoms with Crippen molar-refractivity contribution in [3.05, 3.63) is 56.9 Å². The van der Waals surface area contributed by atoms with E-state index in [1.807, 2.05) is 13.0 Å². The first kappa shape index (κ1) is 17.6. The molecular weight excluding hydrogens is 368 g/mol. The number of furan rings is 1. The van der Waals surface area contributed by atoms with Crippen molar-refractivity contribution in [3.63, 3.8) is 0 Å². The van der Waals surface area contributed by atoms with E-state index in [0.717, 1.165) is 24.0 Å². The predicted molar refractivity (Wildman–Crippen MR) is 106 cm³/mol. The average molecular weight is 389 g/mol. The molecule has 0 saturated carbocycles. The number of benzene rings is 1. The Balaban J connectivity index is 1.53. The van der Waals surface area contributed by atoms with Crippen LogP contribution in [0.3, 0.4) is 0 Å². The fraction of sp³-hybridized carbons (Fsp3) is 0.350. The SMILES string of the molecule is Cc1c(C(=O)NCC(c2cccs2)N2CCCC2)oc2ccc(Cl)cc12. The maximum absolute atomic E-state index is 12.8. The smallest absolute Gasteiger partial charge is 0.287 e.